The summed E-state index contributed by atoms with van der Waals surface area (Å²) in [5.74, 6) is -0.0201. The van der Waals surface area contributed by atoms with Crippen LogP contribution in [0.4, 0.5) is 20.7 Å². The van der Waals surface area contributed by atoms with Crippen LogP contribution in [0.3, 0.4) is 0 Å². The van der Waals surface area contributed by atoms with Gasteiger partial charge in [-0.15, -0.1) is 5.12 Å². The average molecular weight is 371 g/mol. The normalized spacial score (nSPS) is 10.4. The van der Waals surface area contributed by atoms with E-state index in [2.05, 4.69) is 0 Å². The van der Waals surface area contributed by atoms with Crippen LogP contribution in [-0.2, 0) is 6.54 Å². The summed E-state index contributed by atoms with van der Waals surface area (Å²) in [4.78, 5) is 14.0. The Labute approximate surface area is 155 Å². The molecule has 132 valence electrons. The Morgan fingerprint density at radius 1 is 0.923 bits per heavy atom. The molecular weight excluding hydrogens is 355 g/mol. The van der Waals surface area contributed by atoms with Crippen LogP contribution in [0.1, 0.15) is 5.56 Å². The summed E-state index contributed by atoms with van der Waals surface area (Å²) in [6, 6.07) is 20.4. The van der Waals surface area contributed by atoms with Gasteiger partial charge in [-0.05, 0) is 42.5 Å². The van der Waals surface area contributed by atoms with Crippen molar-refractivity contribution in [1.29, 1.82) is 0 Å². The summed E-state index contributed by atoms with van der Waals surface area (Å²) in [5, 5.41) is 10.6. The third kappa shape index (κ3) is 3.95. The van der Waals surface area contributed by atoms with Crippen molar-refractivity contribution in [3.05, 3.63) is 89.4 Å². The second-order valence-corrected chi connectivity index (χ2v) is 6.03. The SMILES string of the molecule is O=C(N(F)c1ccccc1)N(Cc1cc(Cl)ccc1O)c1ccccc1. The molecule has 1 N–H and O–H groups in total. The van der Waals surface area contributed by atoms with Crippen molar-refractivity contribution < 1.29 is 14.4 Å². The second-order valence-electron chi connectivity index (χ2n) is 5.59. The monoisotopic (exact) mass is 370 g/mol. The van der Waals surface area contributed by atoms with Gasteiger partial charge in [0.25, 0.3) is 0 Å². The van der Waals surface area contributed by atoms with Crippen LogP contribution in [0, 0.1) is 0 Å². The Balaban J connectivity index is 1.96. The number of aromatic hydroxyl groups is 1. The predicted molar refractivity (Wildman–Crippen MR) is 101 cm³/mol. The van der Waals surface area contributed by atoms with Crippen LogP contribution < -0.4 is 10.0 Å². The number of anilines is 2. The van der Waals surface area contributed by atoms with E-state index in [9.17, 15) is 14.4 Å². The van der Waals surface area contributed by atoms with Crippen molar-refractivity contribution in [1.82, 2.24) is 0 Å². The van der Waals surface area contributed by atoms with E-state index in [0.29, 0.717) is 16.3 Å². The molecule has 0 bridgehead atoms. The molecule has 0 spiro atoms. The number of para-hydroxylation sites is 2. The largest absolute Gasteiger partial charge is 0.508 e. The molecule has 4 nitrogen and oxygen atoms in total. The minimum Gasteiger partial charge on any atom is -0.508 e. The quantitative estimate of drug-likeness (QED) is 0.611. The zero-order valence-corrected chi connectivity index (χ0v) is 14.5. The van der Waals surface area contributed by atoms with Crippen LogP contribution >= 0.6 is 11.6 Å². The van der Waals surface area contributed by atoms with E-state index in [1.807, 2.05) is 0 Å². The fourth-order valence-electron chi connectivity index (χ4n) is 2.50. The third-order valence-electron chi connectivity index (χ3n) is 3.82. The number of urea groups is 1. The first-order chi connectivity index (χ1) is 12.6. The van der Waals surface area contributed by atoms with Crippen molar-refractivity contribution in [2.24, 2.45) is 0 Å². The van der Waals surface area contributed by atoms with Gasteiger partial charge in [-0.25, -0.2) is 4.79 Å². The number of phenolic OH excluding ortho intramolecular Hbond substituents is 1. The number of rotatable bonds is 4. The van der Waals surface area contributed by atoms with E-state index in [0.717, 1.165) is 0 Å². The summed E-state index contributed by atoms with van der Waals surface area (Å²) < 4.78 is 14.7. The predicted octanol–water partition coefficient (Wildman–Crippen LogP) is 5.56. The molecular formula is C20H16ClFN2O2. The van der Waals surface area contributed by atoms with Gasteiger partial charge in [-0.3, -0.25) is 4.90 Å². The molecule has 2 amide bonds. The number of hydrogen-bond donors (Lipinski definition) is 1. The average Bonchev–Trinajstić information content (AvgIpc) is 2.69. The van der Waals surface area contributed by atoms with Gasteiger partial charge in [0.05, 0.1) is 12.2 Å². The van der Waals surface area contributed by atoms with E-state index >= 15 is 0 Å². The number of benzene rings is 3. The Kier molecular flexibility index (Phi) is 5.39. The molecule has 26 heavy (non-hydrogen) atoms. The first-order valence-electron chi connectivity index (χ1n) is 7.91. The molecule has 0 aliphatic carbocycles. The van der Waals surface area contributed by atoms with E-state index < -0.39 is 6.03 Å². The molecule has 0 atom stereocenters. The zero-order chi connectivity index (χ0) is 18.5. The lowest BCUT2D eigenvalue weighted by molar-refractivity contribution is 0.238. The van der Waals surface area contributed by atoms with Gasteiger partial charge in [0.2, 0.25) is 0 Å². The topological polar surface area (TPSA) is 43.8 Å². The van der Waals surface area contributed by atoms with Crippen molar-refractivity contribution in [3.63, 3.8) is 0 Å². The van der Waals surface area contributed by atoms with Gasteiger partial charge in [-0.1, -0.05) is 52.5 Å². The zero-order valence-electron chi connectivity index (χ0n) is 13.7. The summed E-state index contributed by atoms with van der Waals surface area (Å²) >= 11 is 5.99. The number of carbonyl (C=O) groups is 1. The highest BCUT2D eigenvalue weighted by Crippen LogP contribution is 2.27. The first-order valence-corrected chi connectivity index (χ1v) is 8.29. The van der Waals surface area contributed by atoms with Crippen LogP contribution in [0.5, 0.6) is 5.75 Å². The molecule has 0 heterocycles. The molecule has 3 aromatic rings. The van der Waals surface area contributed by atoms with E-state index in [-0.39, 0.29) is 23.1 Å². The van der Waals surface area contributed by atoms with Crippen LogP contribution in [0.25, 0.3) is 0 Å². The Bertz CT molecular complexity index is 891. The molecule has 0 aliphatic heterocycles. The molecule has 0 saturated heterocycles. The maximum Gasteiger partial charge on any atom is 0.357 e. The summed E-state index contributed by atoms with van der Waals surface area (Å²) in [7, 11) is 0. The van der Waals surface area contributed by atoms with Gasteiger partial charge in [0.1, 0.15) is 5.75 Å². The molecule has 3 rings (SSSR count). The smallest absolute Gasteiger partial charge is 0.357 e. The van der Waals surface area contributed by atoms with Crippen LogP contribution in [0.2, 0.25) is 5.02 Å². The molecule has 6 heteroatoms. The van der Waals surface area contributed by atoms with Crippen LogP contribution in [-0.4, -0.2) is 11.1 Å². The number of nitrogens with zero attached hydrogens (tertiary/aromatic N) is 2. The summed E-state index contributed by atoms with van der Waals surface area (Å²) in [5.41, 5.74) is 1.03. The van der Waals surface area contributed by atoms with E-state index in [4.69, 9.17) is 11.6 Å². The molecule has 0 aliphatic rings. The molecule has 0 radical (unpaired) electrons. The van der Waals surface area contributed by atoms with Gasteiger partial charge < -0.3 is 5.11 Å². The van der Waals surface area contributed by atoms with Crippen molar-refractivity contribution in [2.45, 2.75) is 6.54 Å². The molecule has 0 fully saturated rings. The van der Waals surface area contributed by atoms with Gasteiger partial charge in [0.15, 0.2) is 0 Å². The Hall–Kier alpha value is -3.05. The number of hydrogen-bond acceptors (Lipinski definition) is 2. The standard InChI is InChI=1S/C20H16ClFN2O2/c21-16-11-12-19(25)15(13-16)14-23(17-7-3-1-4-8-17)20(26)24(22)18-9-5-2-6-10-18/h1-13,25H,14H2. The van der Waals surface area contributed by atoms with Crippen LogP contribution in [0.15, 0.2) is 78.9 Å². The fourth-order valence-corrected chi connectivity index (χ4v) is 2.70. The minimum absolute atomic E-state index is 0.0201. The third-order valence-corrected chi connectivity index (χ3v) is 4.05. The minimum atomic E-state index is -0.873. The Morgan fingerprint density at radius 3 is 2.12 bits per heavy atom. The highest BCUT2D eigenvalue weighted by Gasteiger charge is 2.25. The van der Waals surface area contributed by atoms with Crippen molar-refractivity contribution in [3.8, 4) is 5.75 Å². The summed E-state index contributed by atoms with van der Waals surface area (Å²) in [6.07, 6.45) is 0. The van der Waals surface area contributed by atoms with E-state index in [1.165, 1.54) is 23.1 Å². The second kappa shape index (κ2) is 7.89. The maximum absolute atomic E-state index is 14.7. The number of phenols is 1. The Morgan fingerprint density at radius 2 is 1.50 bits per heavy atom. The van der Waals surface area contributed by atoms with Gasteiger partial charge in [-0.2, -0.15) is 0 Å². The summed E-state index contributed by atoms with van der Waals surface area (Å²) in [6.45, 7) is -0.0392. The van der Waals surface area contributed by atoms with E-state index in [1.54, 1.807) is 60.7 Å². The molecule has 0 aromatic heterocycles. The lowest BCUT2D eigenvalue weighted by atomic mass is 10.1. The van der Waals surface area contributed by atoms with Crippen molar-refractivity contribution in [2.75, 3.05) is 10.0 Å². The maximum atomic E-state index is 14.7. The molecule has 3 aromatic carbocycles. The van der Waals surface area contributed by atoms with Gasteiger partial charge >= 0.3 is 6.03 Å². The highest BCUT2D eigenvalue weighted by atomic mass is 35.5. The molecule has 0 unspecified atom stereocenters. The number of amides is 2. The molecule has 0 saturated carbocycles. The number of carbonyl (C=O) groups excluding carboxylic acids is 1. The lowest BCUT2D eigenvalue weighted by Crippen LogP contribution is -2.39. The lowest BCUT2D eigenvalue weighted by Gasteiger charge is -2.26. The fraction of sp³-hybridized carbons (Fsp3) is 0.0500. The van der Waals surface area contributed by atoms with Crippen molar-refractivity contribution >= 4 is 29.0 Å². The van der Waals surface area contributed by atoms with Gasteiger partial charge in [0, 0.05) is 16.3 Å². The highest BCUT2D eigenvalue weighted by molar-refractivity contribution is 6.30. The first kappa shape index (κ1) is 17.8. The number of halogens is 2.